The molecule has 1 amide bonds. The van der Waals surface area contributed by atoms with E-state index < -0.39 is 10.0 Å². The number of aryl methyl sites for hydroxylation is 1. The van der Waals surface area contributed by atoms with E-state index in [1.54, 1.807) is 28.0 Å². The lowest BCUT2D eigenvalue weighted by Gasteiger charge is -2.26. The normalized spacial score (nSPS) is 16.4. The predicted octanol–water partition coefficient (Wildman–Crippen LogP) is 3.25. The van der Waals surface area contributed by atoms with E-state index >= 15 is 0 Å². The molecular formula is C22H32N4O3S. The molecule has 8 heteroatoms. The fraction of sp³-hybridized carbons (Fsp3) is 0.545. The Hall–Kier alpha value is -2.19. The van der Waals surface area contributed by atoms with Gasteiger partial charge in [-0.15, -0.1) is 0 Å². The summed E-state index contributed by atoms with van der Waals surface area (Å²) in [6.07, 6.45) is 3.77. The highest BCUT2D eigenvalue weighted by Gasteiger charge is 2.31. The third-order valence-electron chi connectivity index (χ3n) is 5.77. The van der Waals surface area contributed by atoms with Crippen LogP contribution in [-0.4, -0.2) is 47.5 Å². The van der Waals surface area contributed by atoms with Crippen molar-refractivity contribution in [3.05, 3.63) is 46.8 Å². The molecule has 0 aliphatic carbocycles. The van der Waals surface area contributed by atoms with Crippen molar-refractivity contribution in [2.24, 2.45) is 0 Å². The van der Waals surface area contributed by atoms with E-state index in [1.165, 1.54) is 0 Å². The first kappa shape index (κ1) is 22.5. The molecule has 0 bridgehead atoms. The first-order valence-corrected chi connectivity index (χ1v) is 12.1. The maximum Gasteiger partial charge on any atom is 0.251 e. The second-order valence-electron chi connectivity index (χ2n) is 8.10. The molecular weight excluding hydrogens is 400 g/mol. The van der Waals surface area contributed by atoms with E-state index in [0.717, 1.165) is 31.2 Å². The van der Waals surface area contributed by atoms with Crippen LogP contribution in [0.25, 0.3) is 0 Å². The maximum atomic E-state index is 13.2. The number of benzene rings is 1. The SMILES string of the molecule is CC[C@H](C)NC(=O)c1ccc(Cn2nc(C)c(S(=O)(=O)N3CCCCC3)c2C)cc1. The number of hydrogen-bond donors (Lipinski definition) is 1. The molecule has 0 saturated carbocycles. The van der Waals surface area contributed by atoms with Crippen LogP contribution in [-0.2, 0) is 16.6 Å². The Morgan fingerprint density at radius 1 is 1.13 bits per heavy atom. The number of rotatable bonds is 7. The van der Waals surface area contributed by atoms with Gasteiger partial charge in [0, 0.05) is 24.7 Å². The molecule has 2 heterocycles. The molecule has 0 radical (unpaired) electrons. The van der Waals surface area contributed by atoms with Crippen molar-refractivity contribution in [2.45, 2.75) is 70.9 Å². The minimum Gasteiger partial charge on any atom is -0.350 e. The zero-order chi connectivity index (χ0) is 21.9. The Labute approximate surface area is 179 Å². The van der Waals surface area contributed by atoms with Gasteiger partial charge in [-0.2, -0.15) is 9.40 Å². The maximum absolute atomic E-state index is 13.2. The molecule has 1 aliphatic heterocycles. The van der Waals surface area contributed by atoms with Gasteiger partial charge in [0.1, 0.15) is 4.90 Å². The summed E-state index contributed by atoms with van der Waals surface area (Å²) in [7, 11) is -3.53. The number of carbonyl (C=O) groups excluding carboxylic acids is 1. The molecule has 0 unspecified atom stereocenters. The summed E-state index contributed by atoms with van der Waals surface area (Å²) >= 11 is 0. The van der Waals surface area contributed by atoms with Gasteiger partial charge < -0.3 is 5.32 Å². The summed E-state index contributed by atoms with van der Waals surface area (Å²) in [5, 5.41) is 7.46. The fourth-order valence-electron chi connectivity index (χ4n) is 3.79. The van der Waals surface area contributed by atoms with Crippen LogP contribution in [0.4, 0.5) is 0 Å². The summed E-state index contributed by atoms with van der Waals surface area (Å²) in [4.78, 5) is 12.6. The van der Waals surface area contributed by atoms with Gasteiger partial charge in [0.25, 0.3) is 5.91 Å². The van der Waals surface area contributed by atoms with Crippen LogP contribution < -0.4 is 5.32 Å². The fourth-order valence-corrected chi connectivity index (χ4v) is 5.68. The van der Waals surface area contributed by atoms with Crippen molar-refractivity contribution in [1.29, 1.82) is 0 Å². The minimum absolute atomic E-state index is 0.0862. The minimum atomic E-state index is -3.53. The lowest BCUT2D eigenvalue weighted by atomic mass is 10.1. The Morgan fingerprint density at radius 2 is 1.77 bits per heavy atom. The number of carbonyl (C=O) groups is 1. The second-order valence-corrected chi connectivity index (χ2v) is 9.98. The molecule has 7 nitrogen and oxygen atoms in total. The van der Waals surface area contributed by atoms with Crippen LogP contribution in [0.2, 0.25) is 0 Å². The summed E-state index contributed by atoms with van der Waals surface area (Å²) in [5.74, 6) is -0.0862. The van der Waals surface area contributed by atoms with Crippen molar-refractivity contribution in [3.8, 4) is 0 Å². The Balaban J connectivity index is 1.78. The monoisotopic (exact) mass is 432 g/mol. The molecule has 3 rings (SSSR count). The van der Waals surface area contributed by atoms with Gasteiger partial charge in [-0.1, -0.05) is 25.5 Å². The molecule has 1 fully saturated rings. The Morgan fingerprint density at radius 3 is 2.37 bits per heavy atom. The Kier molecular flexibility index (Phi) is 6.98. The molecule has 0 spiro atoms. The number of amides is 1. The van der Waals surface area contributed by atoms with Crippen molar-refractivity contribution in [1.82, 2.24) is 19.4 Å². The smallest absolute Gasteiger partial charge is 0.251 e. The van der Waals surface area contributed by atoms with E-state index in [4.69, 9.17) is 0 Å². The molecule has 1 aromatic heterocycles. The summed E-state index contributed by atoms with van der Waals surface area (Å²) < 4.78 is 29.6. The lowest BCUT2D eigenvalue weighted by molar-refractivity contribution is 0.0939. The highest BCUT2D eigenvalue weighted by molar-refractivity contribution is 7.89. The Bertz CT molecular complexity index is 990. The standard InChI is InChI=1S/C22H32N4O3S/c1-5-16(2)23-22(27)20-11-9-19(10-12-20)15-26-18(4)21(17(3)24-26)30(28,29)25-13-7-6-8-14-25/h9-12,16H,5-8,13-15H2,1-4H3,(H,23,27)/t16-/m0/s1. The van der Waals surface area contributed by atoms with E-state index in [-0.39, 0.29) is 11.9 Å². The summed E-state index contributed by atoms with van der Waals surface area (Å²) in [5.41, 5.74) is 2.75. The van der Waals surface area contributed by atoms with Crippen LogP contribution in [0.5, 0.6) is 0 Å². The van der Waals surface area contributed by atoms with Crippen LogP contribution in [0.1, 0.15) is 66.8 Å². The number of nitrogens with zero attached hydrogens (tertiary/aromatic N) is 3. The number of piperidine rings is 1. The molecule has 2 aromatic rings. The third kappa shape index (κ3) is 4.75. The van der Waals surface area contributed by atoms with E-state index in [9.17, 15) is 13.2 Å². The average molecular weight is 433 g/mol. The molecule has 164 valence electrons. The highest BCUT2D eigenvalue weighted by Crippen LogP contribution is 2.26. The first-order valence-electron chi connectivity index (χ1n) is 10.7. The third-order valence-corrected chi connectivity index (χ3v) is 7.92. The van der Waals surface area contributed by atoms with Crippen LogP contribution >= 0.6 is 0 Å². The zero-order valence-electron chi connectivity index (χ0n) is 18.3. The van der Waals surface area contributed by atoms with E-state index in [0.29, 0.717) is 41.5 Å². The van der Waals surface area contributed by atoms with E-state index in [1.807, 2.05) is 32.9 Å². The van der Waals surface area contributed by atoms with Gasteiger partial charge in [-0.25, -0.2) is 8.42 Å². The van der Waals surface area contributed by atoms with Gasteiger partial charge in [0.05, 0.1) is 17.9 Å². The predicted molar refractivity (Wildman–Crippen MR) is 117 cm³/mol. The number of hydrogen-bond acceptors (Lipinski definition) is 4. The molecule has 1 N–H and O–H groups in total. The van der Waals surface area contributed by atoms with Crippen LogP contribution in [0, 0.1) is 13.8 Å². The quantitative estimate of drug-likeness (QED) is 0.728. The number of aromatic nitrogens is 2. The number of sulfonamides is 1. The molecule has 1 saturated heterocycles. The number of nitrogens with one attached hydrogen (secondary N) is 1. The van der Waals surface area contributed by atoms with Crippen LogP contribution in [0.3, 0.4) is 0 Å². The van der Waals surface area contributed by atoms with E-state index in [2.05, 4.69) is 10.4 Å². The molecule has 1 aromatic carbocycles. The van der Waals surface area contributed by atoms with Gasteiger partial charge in [-0.05, 0) is 57.7 Å². The highest BCUT2D eigenvalue weighted by atomic mass is 32.2. The topological polar surface area (TPSA) is 84.3 Å². The van der Waals surface area contributed by atoms with Crippen molar-refractivity contribution < 1.29 is 13.2 Å². The van der Waals surface area contributed by atoms with Crippen molar-refractivity contribution in [2.75, 3.05) is 13.1 Å². The lowest BCUT2D eigenvalue weighted by Crippen LogP contribution is -2.36. The van der Waals surface area contributed by atoms with Crippen molar-refractivity contribution in [3.63, 3.8) is 0 Å². The first-order chi connectivity index (χ1) is 14.2. The van der Waals surface area contributed by atoms with Gasteiger partial charge in [0.15, 0.2) is 0 Å². The largest absolute Gasteiger partial charge is 0.350 e. The molecule has 1 aliphatic rings. The zero-order valence-corrected chi connectivity index (χ0v) is 19.1. The van der Waals surface area contributed by atoms with Crippen molar-refractivity contribution >= 4 is 15.9 Å². The van der Waals surface area contributed by atoms with Gasteiger partial charge in [0.2, 0.25) is 10.0 Å². The van der Waals surface area contributed by atoms with Gasteiger partial charge in [-0.3, -0.25) is 9.48 Å². The molecule has 30 heavy (non-hydrogen) atoms. The van der Waals surface area contributed by atoms with Crippen LogP contribution in [0.15, 0.2) is 29.2 Å². The summed E-state index contributed by atoms with van der Waals surface area (Å²) in [6.45, 7) is 9.18. The van der Waals surface area contributed by atoms with Gasteiger partial charge >= 0.3 is 0 Å². The summed E-state index contributed by atoms with van der Waals surface area (Å²) in [6, 6.07) is 7.50. The molecule has 1 atom stereocenters. The second kappa shape index (κ2) is 9.31. The average Bonchev–Trinajstić information content (AvgIpc) is 3.02.